The molecule has 15 heavy (non-hydrogen) atoms. The van der Waals surface area contributed by atoms with E-state index in [1.54, 1.807) is 13.8 Å². The number of nitrogens with two attached hydrogens (primary N) is 1. The summed E-state index contributed by atoms with van der Waals surface area (Å²) in [5, 5.41) is 0. The molecule has 1 saturated heterocycles. The summed E-state index contributed by atoms with van der Waals surface area (Å²) in [5.74, 6) is -0.302. The van der Waals surface area contributed by atoms with Gasteiger partial charge in [0.15, 0.2) is 0 Å². The zero-order chi connectivity index (χ0) is 11.5. The molecule has 0 aromatic carbocycles. The third-order valence-corrected chi connectivity index (χ3v) is 2.96. The van der Waals surface area contributed by atoms with Crippen LogP contribution in [-0.4, -0.2) is 42.1 Å². The van der Waals surface area contributed by atoms with Crippen molar-refractivity contribution in [2.24, 2.45) is 5.73 Å². The van der Waals surface area contributed by atoms with E-state index in [1.165, 1.54) is 12.8 Å². The number of esters is 1. The minimum atomic E-state index is -0.880. The van der Waals surface area contributed by atoms with Crippen LogP contribution in [-0.2, 0) is 9.53 Å². The van der Waals surface area contributed by atoms with Gasteiger partial charge in [0, 0.05) is 12.6 Å². The van der Waals surface area contributed by atoms with Crippen LogP contribution in [0.15, 0.2) is 0 Å². The van der Waals surface area contributed by atoms with Gasteiger partial charge in [-0.25, -0.2) is 0 Å². The first kappa shape index (κ1) is 12.5. The topological polar surface area (TPSA) is 55.6 Å². The molecule has 0 amide bonds. The van der Waals surface area contributed by atoms with Crippen LogP contribution in [0.4, 0.5) is 0 Å². The number of hydrogen-bond acceptors (Lipinski definition) is 4. The van der Waals surface area contributed by atoms with Crippen LogP contribution in [0.5, 0.6) is 0 Å². The molecule has 1 aliphatic heterocycles. The fourth-order valence-electron chi connectivity index (χ4n) is 2.01. The first-order chi connectivity index (χ1) is 6.97. The van der Waals surface area contributed by atoms with Crippen LogP contribution in [0.1, 0.15) is 33.6 Å². The molecule has 0 saturated carbocycles. The third kappa shape index (κ3) is 3.18. The van der Waals surface area contributed by atoms with E-state index in [1.807, 2.05) is 0 Å². The number of carbonyl (C=O) groups excluding carboxylic acids is 1. The van der Waals surface area contributed by atoms with Gasteiger partial charge in [-0.3, -0.25) is 9.69 Å². The number of hydrogen-bond donors (Lipinski definition) is 1. The number of ether oxygens (including phenoxy) is 1. The second-order valence-electron chi connectivity index (χ2n) is 4.60. The van der Waals surface area contributed by atoms with Crippen LogP contribution in [0.25, 0.3) is 0 Å². The first-order valence-electron chi connectivity index (χ1n) is 5.67. The SMILES string of the molecule is CCOC(=O)C(C)(N)CN1CCCC1C. The summed E-state index contributed by atoms with van der Waals surface area (Å²) in [6.45, 7) is 7.73. The van der Waals surface area contributed by atoms with Crippen molar-refractivity contribution in [1.29, 1.82) is 0 Å². The Hall–Kier alpha value is -0.610. The van der Waals surface area contributed by atoms with E-state index in [-0.39, 0.29) is 5.97 Å². The maximum atomic E-state index is 11.6. The molecule has 0 aliphatic carbocycles. The zero-order valence-electron chi connectivity index (χ0n) is 9.95. The van der Waals surface area contributed by atoms with Crippen LogP contribution < -0.4 is 5.73 Å². The Kier molecular flexibility index (Phi) is 4.11. The van der Waals surface area contributed by atoms with Crippen molar-refractivity contribution in [1.82, 2.24) is 4.90 Å². The van der Waals surface area contributed by atoms with Crippen molar-refractivity contribution >= 4 is 5.97 Å². The summed E-state index contributed by atoms with van der Waals surface area (Å²) in [7, 11) is 0. The predicted octanol–water partition coefficient (Wildman–Crippen LogP) is 0.751. The number of rotatable bonds is 4. The van der Waals surface area contributed by atoms with E-state index in [0.29, 0.717) is 19.2 Å². The lowest BCUT2D eigenvalue weighted by atomic mass is 10.0. The molecule has 0 aromatic rings. The van der Waals surface area contributed by atoms with Gasteiger partial charge in [-0.15, -0.1) is 0 Å². The smallest absolute Gasteiger partial charge is 0.327 e. The lowest BCUT2D eigenvalue weighted by Gasteiger charge is -2.30. The zero-order valence-corrected chi connectivity index (χ0v) is 9.95. The van der Waals surface area contributed by atoms with Gasteiger partial charge in [0.1, 0.15) is 5.54 Å². The van der Waals surface area contributed by atoms with Crippen LogP contribution >= 0.6 is 0 Å². The molecule has 88 valence electrons. The highest BCUT2D eigenvalue weighted by Gasteiger charge is 2.34. The molecule has 1 aliphatic rings. The predicted molar refractivity (Wildman–Crippen MR) is 59.5 cm³/mol. The van der Waals surface area contributed by atoms with Crippen molar-refractivity contribution in [2.45, 2.75) is 45.2 Å². The second kappa shape index (κ2) is 4.94. The Balaban J connectivity index is 2.51. The van der Waals surface area contributed by atoms with Gasteiger partial charge in [-0.2, -0.15) is 0 Å². The highest BCUT2D eigenvalue weighted by atomic mass is 16.5. The maximum Gasteiger partial charge on any atom is 0.327 e. The largest absolute Gasteiger partial charge is 0.465 e. The third-order valence-electron chi connectivity index (χ3n) is 2.96. The highest BCUT2D eigenvalue weighted by Crippen LogP contribution is 2.19. The number of carbonyl (C=O) groups is 1. The molecule has 2 unspecified atom stereocenters. The number of likely N-dealkylation sites (tertiary alicyclic amines) is 1. The Morgan fingerprint density at radius 2 is 2.33 bits per heavy atom. The number of nitrogens with zero attached hydrogens (tertiary/aromatic N) is 1. The fourth-order valence-corrected chi connectivity index (χ4v) is 2.01. The van der Waals surface area contributed by atoms with E-state index >= 15 is 0 Å². The highest BCUT2D eigenvalue weighted by molar-refractivity contribution is 5.80. The quantitative estimate of drug-likeness (QED) is 0.702. The van der Waals surface area contributed by atoms with Gasteiger partial charge in [-0.1, -0.05) is 0 Å². The van der Waals surface area contributed by atoms with E-state index in [2.05, 4.69) is 11.8 Å². The van der Waals surface area contributed by atoms with Crippen molar-refractivity contribution in [3.05, 3.63) is 0 Å². The summed E-state index contributed by atoms with van der Waals surface area (Å²) < 4.78 is 4.96. The van der Waals surface area contributed by atoms with Gasteiger partial charge in [0.05, 0.1) is 6.61 Å². The Labute approximate surface area is 91.8 Å². The molecule has 1 fully saturated rings. The molecule has 1 rings (SSSR count). The molecule has 4 nitrogen and oxygen atoms in total. The van der Waals surface area contributed by atoms with Gasteiger partial charge in [0.25, 0.3) is 0 Å². The molecule has 0 spiro atoms. The van der Waals surface area contributed by atoms with Gasteiger partial charge >= 0.3 is 5.97 Å². The lowest BCUT2D eigenvalue weighted by Crippen LogP contribution is -2.55. The summed E-state index contributed by atoms with van der Waals surface area (Å²) in [5.41, 5.74) is 5.09. The Bertz CT molecular complexity index is 229. The van der Waals surface area contributed by atoms with E-state index in [0.717, 1.165) is 6.54 Å². The van der Waals surface area contributed by atoms with Crippen molar-refractivity contribution in [2.75, 3.05) is 19.7 Å². The molecular weight excluding hydrogens is 192 g/mol. The fraction of sp³-hybridized carbons (Fsp3) is 0.909. The maximum absolute atomic E-state index is 11.6. The summed E-state index contributed by atoms with van der Waals surface area (Å²) in [4.78, 5) is 13.8. The summed E-state index contributed by atoms with van der Waals surface area (Å²) in [6, 6.07) is 0.530. The monoisotopic (exact) mass is 214 g/mol. The molecule has 2 atom stereocenters. The van der Waals surface area contributed by atoms with Crippen molar-refractivity contribution < 1.29 is 9.53 Å². The average Bonchev–Trinajstić information content (AvgIpc) is 2.52. The van der Waals surface area contributed by atoms with Crippen LogP contribution in [0.3, 0.4) is 0 Å². The average molecular weight is 214 g/mol. The van der Waals surface area contributed by atoms with Gasteiger partial charge in [-0.05, 0) is 40.2 Å². The van der Waals surface area contributed by atoms with Crippen LogP contribution in [0.2, 0.25) is 0 Å². The van der Waals surface area contributed by atoms with Gasteiger partial charge < -0.3 is 10.5 Å². The molecule has 0 radical (unpaired) electrons. The summed E-state index contributed by atoms with van der Waals surface area (Å²) in [6.07, 6.45) is 2.39. The Morgan fingerprint density at radius 3 is 2.80 bits per heavy atom. The van der Waals surface area contributed by atoms with E-state index in [4.69, 9.17) is 10.5 Å². The molecule has 1 heterocycles. The molecule has 0 aromatic heterocycles. The summed E-state index contributed by atoms with van der Waals surface area (Å²) >= 11 is 0. The van der Waals surface area contributed by atoms with Gasteiger partial charge in [0.2, 0.25) is 0 Å². The normalized spacial score (nSPS) is 26.3. The van der Waals surface area contributed by atoms with E-state index < -0.39 is 5.54 Å². The van der Waals surface area contributed by atoms with Crippen molar-refractivity contribution in [3.8, 4) is 0 Å². The Morgan fingerprint density at radius 1 is 1.67 bits per heavy atom. The lowest BCUT2D eigenvalue weighted by molar-refractivity contribution is -0.149. The molecule has 4 heteroatoms. The van der Waals surface area contributed by atoms with E-state index in [9.17, 15) is 4.79 Å². The first-order valence-corrected chi connectivity index (χ1v) is 5.67. The molecule has 2 N–H and O–H groups in total. The minimum Gasteiger partial charge on any atom is -0.465 e. The second-order valence-corrected chi connectivity index (χ2v) is 4.60. The molecular formula is C11H22N2O2. The minimum absolute atomic E-state index is 0.302. The molecule has 0 bridgehead atoms. The van der Waals surface area contributed by atoms with Crippen LogP contribution in [0, 0.1) is 0 Å². The van der Waals surface area contributed by atoms with Crippen molar-refractivity contribution in [3.63, 3.8) is 0 Å². The standard InChI is InChI=1S/C11H22N2O2/c1-4-15-10(14)11(3,12)8-13-7-5-6-9(13)2/h9H,4-8,12H2,1-3H3.